The maximum Gasteiger partial charge on any atom is 0.243 e. The molecule has 0 aliphatic carbocycles. The van der Waals surface area contributed by atoms with Crippen molar-refractivity contribution in [2.24, 2.45) is 0 Å². The molecule has 0 saturated heterocycles. The number of rotatable bonds is 10. The molecule has 164 valence electrons. The molecule has 2 rings (SSSR count). The number of amides is 1. The third-order valence-corrected chi connectivity index (χ3v) is 6.99. The Hall–Kier alpha value is -1.77. The number of hydrogen-bond acceptors (Lipinski definition) is 4. The van der Waals surface area contributed by atoms with Gasteiger partial charge in [0.25, 0.3) is 0 Å². The minimum Gasteiger partial charge on any atom is -0.353 e. The van der Waals surface area contributed by atoms with Crippen molar-refractivity contribution in [3.05, 3.63) is 64.4 Å². The van der Waals surface area contributed by atoms with E-state index in [0.29, 0.717) is 40.7 Å². The highest BCUT2D eigenvalue weighted by atomic mass is 35.5. The number of anilines is 1. The van der Waals surface area contributed by atoms with Crippen LogP contribution in [0.15, 0.2) is 42.5 Å². The van der Waals surface area contributed by atoms with Gasteiger partial charge in [0.2, 0.25) is 15.9 Å². The predicted octanol–water partition coefficient (Wildman–Crippen LogP) is 4.38. The maximum atomic E-state index is 13.8. The second kappa shape index (κ2) is 11.0. The lowest BCUT2D eigenvalue weighted by molar-refractivity contribution is -0.122. The summed E-state index contributed by atoms with van der Waals surface area (Å²) in [7, 11) is -3.66. The Morgan fingerprint density at radius 1 is 1.23 bits per heavy atom. The van der Waals surface area contributed by atoms with Crippen LogP contribution >= 0.6 is 23.4 Å². The van der Waals surface area contributed by atoms with E-state index in [2.05, 4.69) is 5.32 Å². The quantitative estimate of drug-likeness (QED) is 0.521. The van der Waals surface area contributed by atoms with Gasteiger partial charge in [0.1, 0.15) is 11.9 Å². The lowest BCUT2D eigenvalue weighted by Gasteiger charge is -2.30. The molecule has 9 heteroatoms. The molecule has 0 fully saturated rings. The zero-order valence-electron chi connectivity index (χ0n) is 17.2. The fourth-order valence-electron chi connectivity index (χ4n) is 2.96. The van der Waals surface area contributed by atoms with E-state index in [1.54, 1.807) is 31.2 Å². The molecule has 2 aromatic carbocycles. The van der Waals surface area contributed by atoms with Crippen molar-refractivity contribution in [3.63, 3.8) is 0 Å². The summed E-state index contributed by atoms with van der Waals surface area (Å²) in [5, 5.41) is 3.16. The Morgan fingerprint density at radius 3 is 2.47 bits per heavy atom. The van der Waals surface area contributed by atoms with Crippen molar-refractivity contribution < 1.29 is 17.6 Å². The molecule has 0 radical (unpaired) electrons. The molecule has 1 amide bonds. The summed E-state index contributed by atoms with van der Waals surface area (Å²) in [5.74, 6) is 0.202. The topological polar surface area (TPSA) is 66.5 Å². The summed E-state index contributed by atoms with van der Waals surface area (Å²) >= 11 is 7.45. The van der Waals surface area contributed by atoms with E-state index in [1.165, 1.54) is 17.8 Å². The van der Waals surface area contributed by atoms with Gasteiger partial charge in [-0.1, -0.05) is 42.3 Å². The molecular weight excluding hydrogens is 447 g/mol. The van der Waals surface area contributed by atoms with Crippen molar-refractivity contribution in [3.8, 4) is 0 Å². The van der Waals surface area contributed by atoms with Crippen LogP contribution in [0.5, 0.6) is 0 Å². The molecule has 1 atom stereocenters. The lowest BCUT2D eigenvalue weighted by atomic mass is 10.1. The number of nitrogens with one attached hydrogen (secondary N) is 1. The number of carbonyl (C=O) groups is 1. The predicted molar refractivity (Wildman–Crippen MR) is 123 cm³/mol. The van der Waals surface area contributed by atoms with E-state index in [9.17, 15) is 17.6 Å². The number of benzene rings is 2. The summed E-state index contributed by atoms with van der Waals surface area (Å²) in [6.07, 6.45) is 1.42. The molecule has 0 spiro atoms. The first kappa shape index (κ1) is 24.5. The SMILES string of the molecule is CC[C@H](C(=O)NCCSCc1c(F)cccc1Cl)N(c1ccc(C)cc1)S(C)(=O)=O. The van der Waals surface area contributed by atoms with Crippen molar-refractivity contribution in [1.82, 2.24) is 5.32 Å². The molecule has 1 N–H and O–H groups in total. The number of hydrogen-bond donors (Lipinski definition) is 1. The van der Waals surface area contributed by atoms with Gasteiger partial charge in [-0.25, -0.2) is 12.8 Å². The van der Waals surface area contributed by atoms with Gasteiger partial charge in [-0.2, -0.15) is 11.8 Å². The minimum atomic E-state index is -3.66. The Labute approximate surface area is 187 Å². The number of aryl methyl sites for hydroxylation is 1. The van der Waals surface area contributed by atoms with Gasteiger partial charge in [-0.15, -0.1) is 0 Å². The van der Waals surface area contributed by atoms with Crippen LogP contribution in [0.2, 0.25) is 5.02 Å². The van der Waals surface area contributed by atoms with Gasteiger partial charge in [0.15, 0.2) is 0 Å². The number of thioether (sulfide) groups is 1. The molecule has 30 heavy (non-hydrogen) atoms. The normalized spacial score (nSPS) is 12.4. The Kier molecular flexibility index (Phi) is 9.00. The Morgan fingerprint density at radius 2 is 1.90 bits per heavy atom. The summed E-state index contributed by atoms with van der Waals surface area (Å²) in [6.45, 7) is 4.01. The van der Waals surface area contributed by atoms with Gasteiger partial charge < -0.3 is 5.32 Å². The van der Waals surface area contributed by atoms with Crippen molar-refractivity contribution in [2.45, 2.75) is 32.1 Å². The molecule has 0 aromatic heterocycles. The smallest absolute Gasteiger partial charge is 0.243 e. The molecule has 2 aromatic rings. The van der Waals surface area contributed by atoms with Gasteiger partial charge in [0, 0.05) is 28.6 Å². The monoisotopic (exact) mass is 472 g/mol. The standard InChI is InChI=1S/C21H26ClFN2O3S2/c1-4-20(25(30(3,27)28)16-10-8-15(2)9-11-16)21(26)24-12-13-29-14-17-18(22)6-5-7-19(17)23/h5-11,20H,4,12-14H2,1-3H3,(H,24,26)/t20-/m1/s1. The van der Waals surface area contributed by atoms with Crippen molar-refractivity contribution in [1.29, 1.82) is 0 Å². The van der Waals surface area contributed by atoms with Crippen molar-refractivity contribution in [2.75, 3.05) is 22.9 Å². The zero-order valence-corrected chi connectivity index (χ0v) is 19.6. The molecule has 0 aliphatic rings. The molecule has 5 nitrogen and oxygen atoms in total. The van der Waals surface area contributed by atoms with Crippen LogP contribution in [-0.4, -0.2) is 38.9 Å². The second-order valence-corrected chi connectivity index (χ2v) is 10.2. The highest BCUT2D eigenvalue weighted by Crippen LogP contribution is 2.24. The number of halogens is 2. The number of carbonyl (C=O) groups excluding carboxylic acids is 1. The first-order chi connectivity index (χ1) is 14.1. The average Bonchev–Trinajstić information content (AvgIpc) is 2.67. The molecule has 0 heterocycles. The summed E-state index contributed by atoms with van der Waals surface area (Å²) in [5.41, 5.74) is 1.88. The summed E-state index contributed by atoms with van der Waals surface area (Å²) < 4.78 is 39.8. The molecule has 0 bridgehead atoms. The largest absolute Gasteiger partial charge is 0.353 e. The molecule has 0 aliphatic heterocycles. The van der Waals surface area contributed by atoms with E-state index < -0.39 is 16.1 Å². The lowest BCUT2D eigenvalue weighted by Crippen LogP contribution is -2.49. The first-order valence-electron chi connectivity index (χ1n) is 9.49. The second-order valence-electron chi connectivity index (χ2n) is 6.86. The van der Waals surface area contributed by atoms with E-state index in [1.807, 2.05) is 19.1 Å². The fourth-order valence-corrected chi connectivity index (χ4v) is 5.37. The van der Waals surface area contributed by atoms with Crippen LogP contribution in [0, 0.1) is 12.7 Å². The molecule has 0 saturated carbocycles. The van der Waals surface area contributed by atoms with Gasteiger partial charge in [0.05, 0.1) is 11.9 Å². The van der Waals surface area contributed by atoms with Crippen LogP contribution < -0.4 is 9.62 Å². The van der Waals surface area contributed by atoms with E-state index >= 15 is 0 Å². The highest BCUT2D eigenvalue weighted by Gasteiger charge is 2.31. The van der Waals surface area contributed by atoms with E-state index in [4.69, 9.17) is 11.6 Å². The van der Waals surface area contributed by atoms with E-state index in [-0.39, 0.29) is 11.7 Å². The first-order valence-corrected chi connectivity index (χ1v) is 12.9. The van der Waals surface area contributed by atoms with Crippen LogP contribution in [0.1, 0.15) is 24.5 Å². The van der Waals surface area contributed by atoms with Crippen LogP contribution in [0.4, 0.5) is 10.1 Å². The number of nitrogens with zero attached hydrogens (tertiary/aromatic N) is 1. The maximum absolute atomic E-state index is 13.8. The highest BCUT2D eigenvalue weighted by molar-refractivity contribution is 7.98. The van der Waals surface area contributed by atoms with Gasteiger partial charge in [-0.3, -0.25) is 9.10 Å². The van der Waals surface area contributed by atoms with Crippen molar-refractivity contribution >= 4 is 45.0 Å². The average molecular weight is 473 g/mol. The van der Waals surface area contributed by atoms with Crippen LogP contribution in [0.25, 0.3) is 0 Å². The van der Waals surface area contributed by atoms with Gasteiger partial charge >= 0.3 is 0 Å². The summed E-state index contributed by atoms with van der Waals surface area (Å²) in [4.78, 5) is 12.7. The molecular formula is C21H26ClFN2O3S2. The summed E-state index contributed by atoms with van der Waals surface area (Å²) in [6, 6.07) is 10.7. The Balaban J connectivity index is 1.98. The molecule has 0 unspecified atom stereocenters. The van der Waals surface area contributed by atoms with Crippen LogP contribution in [0.3, 0.4) is 0 Å². The van der Waals surface area contributed by atoms with Gasteiger partial charge in [-0.05, 0) is 37.6 Å². The Bertz CT molecular complexity index is 948. The fraction of sp³-hybridized carbons (Fsp3) is 0.381. The third kappa shape index (κ3) is 6.62. The third-order valence-electron chi connectivity index (χ3n) is 4.47. The van der Waals surface area contributed by atoms with E-state index in [0.717, 1.165) is 16.1 Å². The minimum absolute atomic E-state index is 0.324. The van der Waals surface area contributed by atoms with Crippen LogP contribution in [-0.2, 0) is 20.6 Å². The number of sulfonamides is 1. The zero-order chi connectivity index (χ0) is 22.3.